The van der Waals surface area contributed by atoms with Gasteiger partial charge in [-0.15, -0.1) is 0 Å². The molecule has 1 aromatic carbocycles. The standard InChI is InChI=1S/C17H22N4O/c1-19-7-5-15-11-14(3-4-16(15)19)12-21(9-10-22)13-17-18-6-8-20(17)2/h3-8,11,22H,9-10,12-13H2,1-2H3. The SMILES string of the molecule is Cn1ccnc1CN(CCO)Cc1ccc2c(ccn2C)c1. The maximum atomic E-state index is 9.32. The molecule has 0 atom stereocenters. The zero-order valence-corrected chi connectivity index (χ0v) is 13.1. The third-order valence-electron chi connectivity index (χ3n) is 4.06. The lowest BCUT2D eigenvalue weighted by Gasteiger charge is -2.21. The van der Waals surface area contributed by atoms with E-state index in [9.17, 15) is 5.11 Å². The first kappa shape index (κ1) is 14.8. The van der Waals surface area contributed by atoms with Gasteiger partial charge in [0.05, 0.1) is 13.2 Å². The van der Waals surface area contributed by atoms with Crippen LogP contribution in [0.2, 0.25) is 0 Å². The fourth-order valence-corrected chi connectivity index (χ4v) is 2.79. The summed E-state index contributed by atoms with van der Waals surface area (Å²) in [4.78, 5) is 6.58. The van der Waals surface area contributed by atoms with Gasteiger partial charge in [-0.2, -0.15) is 0 Å². The number of rotatable bonds is 6. The number of aliphatic hydroxyl groups is 1. The van der Waals surface area contributed by atoms with Crippen molar-refractivity contribution in [2.75, 3.05) is 13.2 Å². The maximum Gasteiger partial charge on any atom is 0.122 e. The first-order valence-corrected chi connectivity index (χ1v) is 7.51. The Morgan fingerprint density at radius 1 is 1.09 bits per heavy atom. The molecule has 0 bridgehead atoms. The van der Waals surface area contributed by atoms with Gasteiger partial charge in [0, 0.05) is 51.3 Å². The molecular weight excluding hydrogens is 276 g/mol. The Hall–Kier alpha value is -2.11. The van der Waals surface area contributed by atoms with E-state index in [0.29, 0.717) is 6.54 Å². The highest BCUT2D eigenvalue weighted by atomic mass is 16.3. The second-order valence-electron chi connectivity index (χ2n) is 5.71. The maximum absolute atomic E-state index is 9.32. The van der Waals surface area contributed by atoms with Crippen molar-refractivity contribution in [3.05, 3.63) is 54.2 Å². The van der Waals surface area contributed by atoms with Crippen molar-refractivity contribution >= 4 is 10.9 Å². The largest absolute Gasteiger partial charge is 0.395 e. The van der Waals surface area contributed by atoms with E-state index in [1.807, 2.05) is 24.0 Å². The Morgan fingerprint density at radius 2 is 1.95 bits per heavy atom. The number of nitrogens with zero attached hydrogens (tertiary/aromatic N) is 4. The van der Waals surface area contributed by atoms with Gasteiger partial charge in [0.2, 0.25) is 0 Å². The molecule has 22 heavy (non-hydrogen) atoms. The summed E-state index contributed by atoms with van der Waals surface area (Å²) in [6.45, 7) is 2.33. The highest BCUT2D eigenvalue weighted by Gasteiger charge is 2.10. The van der Waals surface area contributed by atoms with Gasteiger partial charge in [0.1, 0.15) is 5.82 Å². The molecule has 0 unspecified atom stereocenters. The topological polar surface area (TPSA) is 46.2 Å². The van der Waals surface area contributed by atoms with Crippen LogP contribution in [0.5, 0.6) is 0 Å². The van der Waals surface area contributed by atoms with Crippen molar-refractivity contribution in [2.24, 2.45) is 14.1 Å². The van der Waals surface area contributed by atoms with E-state index >= 15 is 0 Å². The predicted molar refractivity (Wildman–Crippen MR) is 87.3 cm³/mol. The van der Waals surface area contributed by atoms with Crippen LogP contribution in [-0.2, 0) is 27.2 Å². The van der Waals surface area contributed by atoms with Gasteiger partial charge in [-0.25, -0.2) is 4.98 Å². The van der Waals surface area contributed by atoms with Crippen molar-refractivity contribution in [3.8, 4) is 0 Å². The summed E-state index contributed by atoms with van der Waals surface area (Å²) in [7, 11) is 4.05. The van der Waals surface area contributed by atoms with Crippen LogP contribution in [0.3, 0.4) is 0 Å². The fourth-order valence-electron chi connectivity index (χ4n) is 2.79. The first-order chi connectivity index (χ1) is 10.7. The van der Waals surface area contributed by atoms with E-state index in [0.717, 1.165) is 18.9 Å². The van der Waals surface area contributed by atoms with Gasteiger partial charge < -0.3 is 14.2 Å². The molecule has 5 nitrogen and oxygen atoms in total. The lowest BCUT2D eigenvalue weighted by Crippen LogP contribution is -2.27. The van der Waals surface area contributed by atoms with Crippen molar-refractivity contribution < 1.29 is 5.11 Å². The Balaban J connectivity index is 1.78. The highest BCUT2D eigenvalue weighted by Crippen LogP contribution is 2.18. The molecule has 1 N–H and O–H groups in total. The molecule has 3 rings (SSSR count). The number of aliphatic hydroxyl groups excluding tert-OH is 1. The number of hydrogen-bond donors (Lipinski definition) is 1. The summed E-state index contributed by atoms with van der Waals surface area (Å²) in [6, 6.07) is 8.67. The van der Waals surface area contributed by atoms with Crippen LogP contribution in [0.4, 0.5) is 0 Å². The van der Waals surface area contributed by atoms with Crippen LogP contribution in [0.15, 0.2) is 42.9 Å². The zero-order valence-electron chi connectivity index (χ0n) is 13.1. The number of aromatic nitrogens is 3. The lowest BCUT2D eigenvalue weighted by molar-refractivity contribution is 0.180. The molecule has 0 aliphatic heterocycles. The molecule has 0 aliphatic rings. The fraction of sp³-hybridized carbons (Fsp3) is 0.353. The van der Waals surface area contributed by atoms with E-state index in [1.165, 1.54) is 16.5 Å². The van der Waals surface area contributed by atoms with Gasteiger partial charge in [0.15, 0.2) is 0 Å². The molecule has 0 saturated heterocycles. The Kier molecular flexibility index (Phi) is 4.27. The van der Waals surface area contributed by atoms with Crippen molar-refractivity contribution in [1.82, 2.24) is 19.0 Å². The normalized spacial score (nSPS) is 11.6. The Bertz CT molecular complexity index is 759. The molecule has 0 radical (unpaired) electrons. The van der Waals surface area contributed by atoms with Crippen LogP contribution >= 0.6 is 0 Å². The molecule has 3 aromatic rings. The summed E-state index contributed by atoms with van der Waals surface area (Å²) in [5, 5.41) is 10.6. The average Bonchev–Trinajstić information content (AvgIpc) is 3.06. The third kappa shape index (κ3) is 3.05. The Morgan fingerprint density at radius 3 is 2.68 bits per heavy atom. The summed E-state index contributed by atoms with van der Waals surface area (Å²) in [5.41, 5.74) is 2.49. The van der Waals surface area contributed by atoms with E-state index in [-0.39, 0.29) is 6.61 Å². The van der Waals surface area contributed by atoms with Crippen LogP contribution in [0.1, 0.15) is 11.4 Å². The van der Waals surface area contributed by atoms with Crippen LogP contribution in [0.25, 0.3) is 10.9 Å². The minimum Gasteiger partial charge on any atom is -0.395 e. The predicted octanol–water partition coefficient (Wildman–Crippen LogP) is 1.91. The van der Waals surface area contributed by atoms with Crippen LogP contribution < -0.4 is 0 Å². The van der Waals surface area contributed by atoms with E-state index in [1.54, 1.807) is 0 Å². The quantitative estimate of drug-likeness (QED) is 0.756. The Labute approximate surface area is 130 Å². The number of fused-ring (bicyclic) bond motifs is 1. The van der Waals surface area contributed by atoms with E-state index < -0.39 is 0 Å². The number of imidazole rings is 1. The van der Waals surface area contributed by atoms with Gasteiger partial charge in [-0.05, 0) is 29.1 Å². The molecular formula is C17H22N4O. The minimum absolute atomic E-state index is 0.151. The summed E-state index contributed by atoms with van der Waals surface area (Å²) in [6.07, 6.45) is 5.83. The van der Waals surface area contributed by atoms with Crippen LogP contribution in [-0.4, -0.2) is 37.3 Å². The monoisotopic (exact) mass is 298 g/mol. The van der Waals surface area contributed by atoms with Crippen molar-refractivity contribution in [2.45, 2.75) is 13.1 Å². The van der Waals surface area contributed by atoms with Gasteiger partial charge >= 0.3 is 0 Å². The van der Waals surface area contributed by atoms with Gasteiger partial charge in [0.25, 0.3) is 0 Å². The zero-order chi connectivity index (χ0) is 15.5. The van der Waals surface area contributed by atoms with Gasteiger partial charge in [-0.1, -0.05) is 6.07 Å². The van der Waals surface area contributed by atoms with Crippen molar-refractivity contribution in [3.63, 3.8) is 0 Å². The van der Waals surface area contributed by atoms with E-state index in [2.05, 4.69) is 52.0 Å². The molecule has 0 saturated carbocycles. The lowest BCUT2D eigenvalue weighted by atomic mass is 10.1. The smallest absolute Gasteiger partial charge is 0.122 e. The second kappa shape index (κ2) is 6.34. The first-order valence-electron chi connectivity index (χ1n) is 7.51. The molecule has 0 aliphatic carbocycles. The molecule has 2 heterocycles. The summed E-state index contributed by atoms with van der Waals surface area (Å²) < 4.78 is 4.14. The molecule has 116 valence electrons. The highest BCUT2D eigenvalue weighted by molar-refractivity contribution is 5.80. The molecule has 0 amide bonds. The molecule has 0 fully saturated rings. The van der Waals surface area contributed by atoms with Gasteiger partial charge in [-0.3, -0.25) is 4.90 Å². The third-order valence-corrected chi connectivity index (χ3v) is 4.06. The van der Waals surface area contributed by atoms with Crippen molar-refractivity contribution in [1.29, 1.82) is 0 Å². The average molecular weight is 298 g/mol. The number of hydrogen-bond acceptors (Lipinski definition) is 3. The number of aryl methyl sites for hydroxylation is 2. The number of benzene rings is 1. The summed E-state index contributed by atoms with van der Waals surface area (Å²) in [5.74, 6) is 1.01. The summed E-state index contributed by atoms with van der Waals surface area (Å²) >= 11 is 0. The molecule has 2 aromatic heterocycles. The van der Waals surface area contributed by atoms with Crippen LogP contribution in [0, 0.1) is 0 Å². The van der Waals surface area contributed by atoms with E-state index in [4.69, 9.17) is 0 Å². The minimum atomic E-state index is 0.151. The molecule has 5 heteroatoms. The second-order valence-corrected chi connectivity index (χ2v) is 5.71. The molecule has 0 spiro atoms.